The average Bonchev–Trinajstić information content (AvgIpc) is 2.22. The lowest BCUT2D eigenvalue weighted by molar-refractivity contribution is 0.228. The van der Waals surface area contributed by atoms with Crippen LogP contribution < -0.4 is 5.32 Å². The van der Waals surface area contributed by atoms with Gasteiger partial charge in [-0.2, -0.15) is 0 Å². The highest BCUT2D eigenvalue weighted by Crippen LogP contribution is 2.02. The maximum absolute atomic E-state index is 11.3. The molecule has 0 aliphatic carbocycles. The normalized spacial score (nSPS) is 13.9. The number of hydrogen-bond donors (Lipinski definition) is 2. The van der Waals surface area contributed by atoms with E-state index in [2.05, 4.69) is 5.32 Å². The summed E-state index contributed by atoms with van der Waals surface area (Å²) in [7, 11) is -2.84. The predicted molar refractivity (Wildman–Crippen MR) is 67.3 cm³/mol. The second-order valence-corrected chi connectivity index (χ2v) is 6.64. The Morgan fingerprint density at radius 3 is 2.50 bits per heavy atom. The van der Waals surface area contributed by atoms with Crippen LogP contribution in [0.15, 0.2) is 0 Å². The maximum atomic E-state index is 11.3. The van der Waals surface area contributed by atoms with Crippen molar-refractivity contribution in [2.75, 3.05) is 31.2 Å². The smallest absolute Gasteiger partial charge is 0.151 e. The van der Waals surface area contributed by atoms with Crippen LogP contribution in [0, 0.1) is 5.92 Å². The molecule has 0 aromatic heterocycles. The fraction of sp³-hybridized carbons (Fsp3) is 1.00. The average molecular weight is 251 g/mol. The minimum absolute atomic E-state index is 0.227. The van der Waals surface area contributed by atoms with Crippen LogP contribution in [0.25, 0.3) is 0 Å². The number of hydrogen-bond acceptors (Lipinski definition) is 4. The van der Waals surface area contributed by atoms with E-state index in [0.29, 0.717) is 18.9 Å². The largest absolute Gasteiger partial charge is 0.396 e. The van der Waals surface area contributed by atoms with E-state index >= 15 is 0 Å². The van der Waals surface area contributed by atoms with Gasteiger partial charge in [-0.3, -0.25) is 0 Å². The van der Waals surface area contributed by atoms with Gasteiger partial charge < -0.3 is 10.4 Å². The first-order valence-electron chi connectivity index (χ1n) is 6.03. The number of nitrogens with one attached hydrogen (secondary N) is 1. The standard InChI is InChI=1S/C11H25NO3S/c1-3-8-16(14,15)9-7-12-6-4-5-11(2)10-13/h11-13H,3-10H2,1-2H3. The van der Waals surface area contributed by atoms with Gasteiger partial charge >= 0.3 is 0 Å². The molecule has 0 spiro atoms. The predicted octanol–water partition coefficient (Wildman–Crippen LogP) is 0.809. The highest BCUT2D eigenvalue weighted by molar-refractivity contribution is 7.91. The van der Waals surface area contributed by atoms with Gasteiger partial charge in [0, 0.05) is 18.9 Å². The van der Waals surface area contributed by atoms with Crippen molar-refractivity contribution in [2.45, 2.75) is 33.1 Å². The van der Waals surface area contributed by atoms with E-state index in [-0.39, 0.29) is 18.1 Å². The summed E-state index contributed by atoms with van der Waals surface area (Å²) in [5.41, 5.74) is 0. The second-order valence-electron chi connectivity index (χ2n) is 4.33. The third-order valence-corrected chi connectivity index (χ3v) is 4.32. The van der Waals surface area contributed by atoms with Crippen molar-refractivity contribution in [2.24, 2.45) is 5.92 Å². The van der Waals surface area contributed by atoms with E-state index < -0.39 is 9.84 Å². The molecule has 0 aliphatic rings. The quantitative estimate of drug-likeness (QED) is 0.564. The fourth-order valence-electron chi connectivity index (χ4n) is 1.43. The number of rotatable bonds is 10. The molecule has 0 saturated carbocycles. The van der Waals surface area contributed by atoms with E-state index in [9.17, 15) is 8.42 Å². The molecule has 0 aliphatic heterocycles. The van der Waals surface area contributed by atoms with Crippen LogP contribution in [0.3, 0.4) is 0 Å². The Kier molecular flexibility index (Phi) is 8.89. The van der Waals surface area contributed by atoms with Gasteiger partial charge in [0.25, 0.3) is 0 Å². The van der Waals surface area contributed by atoms with Crippen LogP contribution >= 0.6 is 0 Å². The second kappa shape index (κ2) is 8.96. The van der Waals surface area contributed by atoms with Gasteiger partial charge in [0.05, 0.1) is 5.75 Å². The first-order chi connectivity index (χ1) is 7.52. The molecule has 16 heavy (non-hydrogen) atoms. The van der Waals surface area contributed by atoms with Crippen molar-refractivity contribution in [3.8, 4) is 0 Å². The molecule has 0 amide bonds. The SMILES string of the molecule is CCCS(=O)(=O)CCNCCCC(C)CO. The van der Waals surface area contributed by atoms with Gasteiger partial charge in [-0.25, -0.2) is 8.42 Å². The Hall–Kier alpha value is -0.130. The molecular formula is C11H25NO3S. The maximum Gasteiger partial charge on any atom is 0.151 e. The van der Waals surface area contributed by atoms with Gasteiger partial charge in [-0.05, 0) is 31.7 Å². The molecule has 0 rings (SSSR count). The summed E-state index contributed by atoms with van der Waals surface area (Å²) in [6.45, 7) is 5.47. The summed E-state index contributed by atoms with van der Waals surface area (Å²) >= 11 is 0. The van der Waals surface area contributed by atoms with Gasteiger partial charge in [0.15, 0.2) is 9.84 Å². The molecule has 0 bridgehead atoms. The number of aliphatic hydroxyl groups excluding tert-OH is 1. The van der Waals surface area contributed by atoms with Crippen molar-refractivity contribution in [1.29, 1.82) is 0 Å². The topological polar surface area (TPSA) is 66.4 Å². The first-order valence-corrected chi connectivity index (χ1v) is 7.86. The zero-order valence-electron chi connectivity index (χ0n) is 10.4. The number of sulfone groups is 1. The Balaban J connectivity index is 3.40. The molecule has 4 nitrogen and oxygen atoms in total. The number of aliphatic hydroxyl groups is 1. The van der Waals surface area contributed by atoms with E-state index in [0.717, 1.165) is 19.4 Å². The van der Waals surface area contributed by atoms with Crippen molar-refractivity contribution in [3.63, 3.8) is 0 Å². The van der Waals surface area contributed by atoms with Crippen LogP contribution in [-0.4, -0.2) is 44.7 Å². The molecule has 0 saturated heterocycles. The lowest BCUT2D eigenvalue weighted by Crippen LogP contribution is -2.25. The van der Waals surface area contributed by atoms with Gasteiger partial charge in [-0.1, -0.05) is 13.8 Å². The van der Waals surface area contributed by atoms with E-state index in [1.54, 1.807) is 0 Å². The van der Waals surface area contributed by atoms with Gasteiger partial charge in [-0.15, -0.1) is 0 Å². The zero-order valence-corrected chi connectivity index (χ0v) is 11.2. The van der Waals surface area contributed by atoms with Gasteiger partial charge in [0.2, 0.25) is 0 Å². The Labute approximate surface area is 99.4 Å². The molecule has 1 atom stereocenters. The molecule has 2 N–H and O–H groups in total. The Bertz CT molecular complexity index is 252. The van der Waals surface area contributed by atoms with E-state index in [1.165, 1.54) is 0 Å². The van der Waals surface area contributed by atoms with E-state index in [1.807, 2.05) is 13.8 Å². The highest BCUT2D eigenvalue weighted by Gasteiger charge is 2.07. The highest BCUT2D eigenvalue weighted by atomic mass is 32.2. The van der Waals surface area contributed by atoms with Crippen LogP contribution in [0.2, 0.25) is 0 Å². The van der Waals surface area contributed by atoms with Crippen molar-refractivity contribution in [1.82, 2.24) is 5.32 Å². The Morgan fingerprint density at radius 1 is 1.25 bits per heavy atom. The van der Waals surface area contributed by atoms with Gasteiger partial charge in [0.1, 0.15) is 0 Å². The molecule has 0 radical (unpaired) electrons. The summed E-state index contributed by atoms with van der Waals surface area (Å²) in [6, 6.07) is 0. The monoisotopic (exact) mass is 251 g/mol. The molecule has 0 aromatic rings. The summed E-state index contributed by atoms with van der Waals surface area (Å²) in [4.78, 5) is 0. The minimum atomic E-state index is -2.84. The summed E-state index contributed by atoms with van der Waals surface area (Å²) < 4.78 is 22.7. The fourth-order valence-corrected chi connectivity index (χ4v) is 2.71. The van der Waals surface area contributed by atoms with Crippen LogP contribution in [0.1, 0.15) is 33.1 Å². The molecular weight excluding hydrogens is 226 g/mol. The molecule has 98 valence electrons. The Morgan fingerprint density at radius 2 is 1.94 bits per heavy atom. The first kappa shape index (κ1) is 15.9. The molecule has 0 heterocycles. The molecule has 1 unspecified atom stereocenters. The summed E-state index contributed by atoms with van der Waals surface area (Å²) in [5.74, 6) is 0.859. The lowest BCUT2D eigenvalue weighted by atomic mass is 10.1. The van der Waals surface area contributed by atoms with Crippen LogP contribution in [0.5, 0.6) is 0 Å². The van der Waals surface area contributed by atoms with Crippen molar-refractivity contribution < 1.29 is 13.5 Å². The molecule has 0 aromatic carbocycles. The zero-order chi connectivity index (χ0) is 12.4. The van der Waals surface area contributed by atoms with Crippen LogP contribution in [-0.2, 0) is 9.84 Å². The van der Waals surface area contributed by atoms with Crippen molar-refractivity contribution in [3.05, 3.63) is 0 Å². The third kappa shape index (κ3) is 9.12. The lowest BCUT2D eigenvalue weighted by Gasteiger charge is -2.08. The summed E-state index contributed by atoms with van der Waals surface area (Å²) in [5, 5.41) is 11.9. The third-order valence-electron chi connectivity index (χ3n) is 2.47. The van der Waals surface area contributed by atoms with E-state index in [4.69, 9.17) is 5.11 Å². The molecule has 0 fully saturated rings. The van der Waals surface area contributed by atoms with Crippen molar-refractivity contribution >= 4 is 9.84 Å². The minimum Gasteiger partial charge on any atom is -0.396 e. The summed E-state index contributed by atoms with van der Waals surface area (Å²) in [6.07, 6.45) is 2.65. The molecule has 5 heteroatoms. The van der Waals surface area contributed by atoms with Crippen LogP contribution in [0.4, 0.5) is 0 Å².